The van der Waals surface area contributed by atoms with Crippen LogP contribution in [-0.4, -0.2) is 55.0 Å². The monoisotopic (exact) mass is 352 g/mol. The molecule has 25 heavy (non-hydrogen) atoms. The summed E-state index contributed by atoms with van der Waals surface area (Å²) in [7, 11) is 1.37. The van der Waals surface area contributed by atoms with E-state index in [0.717, 1.165) is 51.4 Å². The number of hydrogen-bond donors (Lipinski definition) is 0. The number of rotatable bonds is 5. The summed E-state index contributed by atoms with van der Waals surface area (Å²) in [5.41, 5.74) is -0.282. The summed E-state index contributed by atoms with van der Waals surface area (Å²) in [5.74, 6) is -2.50. The normalized spacial score (nSPS) is 21.6. The van der Waals surface area contributed by atoms with Gasteiger partial charge in [0.1, 0.15) is 11.3 Å². The van der Waals surface area contributed by atoms with Crippen LogP contribution < -0.4 is 4.74 Å². The molecule has 4 nitrogen and oxygen atoms in total. The number of halogens is 2. The maximum Gasteiger partial charge on any atom is 0.260 e. The van der Waals surface area contributed by atoms with Gasteiger partial charge in [-0.25, -0.2) is 8.78 Å². The van der Waals surface area contributed by atoms with E-state index in [9.17, 15) is 13.6 Å². The van der Waals surface area contributed by atoms with Crippen molar-refractivity contribution in [2.24, 2.45) is 0 Å². The van der Waals surface area contributed by atoms with Gasteiger partial charge in [0.2, 0.25) is 0 Å². The van der Waals surface area contributed by atoms with Crippen molar-refractivity contribution in [3.63, 3.8) is 0 Å². The second-order valence-corrected chi connectivity index (χ2v) is 6.92. The van der Waals surface area contributed by atoms with Crippen LogP contribution >= 0.6 is 0 Å². The van der Waals surface area contributed by atoms with E-state index in [-0.39, 0.29) is 17.4 Å². The quantitative estimate of drug-likeness (QED) is 0.814. The van der Waals surface area contributed by atoms with E-state index in [4.69, 9.17) is 4.74 Å². The Morgan fingerprint density at radius 2 is 1.88 bits per heavy atom. The molecule has 0 aromatic heterocycles. The van der Waals surface area contributed by atoms with E-state index in [2.05, 4.69) is 4.90 Å². The van der Waals surface area contributed by atoms with Gasteiger partial charge in [-0.15, -0.1) is 0 Å². The first-order valence-electron chi connectivity index (χ1n) is 9.17. The SMILES string of the molecule is COc1ccc(F)c(F)c1C(=O)N1CCCCC1CCN1CCCC1. The number of piperidine rings is 1. The van der Waals surface area contributed by atoms with E-state index in [0.29, 0.717) is 6.54 Å². The summed E-state index contributed by atoms with van der Waals surface area (Å²) >= 11 is 0. The fourth-order valence-corrected chi connectivity index (χ4v) is 3.95. The Balaban J connectivity index is 1.77. The molecule has 0 saturated carbocycles. The van der Waals surface area contributed by atoms with Crippen molar-refractivity contribution < 1.29 is 18.3 Å². The molecule has 0 aliphatic carbocycles. The van der Waals surface area contributed by atoms with Crippen LogP contribution in [0.1, 0.15) is 48.9 Å². The highest BCUT2D eigenvalue weighted by atomic mass is 19.2. The molecule has 0 spiro atoms. The predicted octanol–water partition coefficient (Wildman–Crippen LogP) is 3.45. The second-order valence-electron chi connectivity index (χ2n) is 6.92. The van der Waals surface area contributed by atoms with Crippen LogP contribution in [0.5, 0.6) is 5.75 Å². The molecular formula is C19H26F2N2O2. The molecule has 0 N–H and O–H groups in total. The summed E-state index contributed by atoms with van der Waals surface area (Å²) in [6.07, 6.45) is 6.23. The highest BCUT2D eigenvalue weighted by Gasteiger charge is 2.32. The van der Waals surface area contributed by atoms with Crippen molar-refractivity contribution >= 4 is 5.91 Å². The number of benzene rings is 1. The zero-order valence-electron chi connectivity index (χ0n) is 14.8. The Bertz CT molecular complexity index is 618. The van der Waals surface area contributed by atoms with E-state index in [1.54, 1.807) is 4.90 Å². The summed E-state index contributed by atoms with van der Waals surface area (Å²) in [6.45, 7) is 3.78. The fourth-order valence-electron chi connectivity index (χ4n) is 3.95. The van der Waals surface area contributed by atoms with Crippen LogP contribution in [0.25, 0.3) is 0 Å². The van der Waals surface area contributed by atoms with Gasteiger partial charge in [0, 0.05) is 19.1 Å². The smallest absolute Gasteiger partial charge is 0.260 e. The molecule has 6 heteroatoms. The first-order chi connectivity index (χ1) is 12.1. The molecule has 2 saturated heterocycles. The number of ether oxygens (including phenoxy) is 1. The van der Waals surface area contributed by atoms with Crippen molar-refractivity contribution in [3.8, 4) is 5.75 Å². The topological polar surface area (TPSA) is 32.8 Å². The Labute approximate surface area is 147 Å². The van der Waals surface area contributed by atoms with Gasteiger partial charge >= 0.3 is 0 Å². The lowest BCUT2D eigenvalue weighted by molar-refractivity contribution is 0.0578. The lowest BCUT2D eigenvalue weighted by Gasteiger charge is -2.37. The Morgan fingerprint density at radius 1 is 1.16 bits per heavy atom. The van der Waals surface area contributed by atoms with Crippen LogP contribution in [0.2, 0.25) is 0 Å². The minimum Gasteiger partial charge on any atom is -0.496 e. The third kappa shape index (κ3) is 3.94. The molecule has 3 rings (SSSR count). The highest BCUT2D eigenvalue weighted by Crippen LogP contribution is 2.29. The summed E-state index contributed by atoms with van der Waals surface area (Å²) in [6, 6.07) is 2.38. The molecule has 0 bridgehead atoms. The Kier molecular flexibility index (Phi) is 5.89. The molecule has 1 aromatic rings. The van der Waals surface area contributed by atoms with Gasteiger partial charge in [-0.2, -0.15) is 0 Å². The first-order valence-corrected chi connectivity index (χ1v) is 9.17. The molecule has 0 radical (unpaired) electrons. The van der Waals surface area contributed by atoms with Crippen molar-refractivity contribution in [2.75, 3.05) is 33.3 Å². The van der Waals surface area contributed by atoms with Gasteiger partial charge in [-0.05, 0) is 63.7 Å². The molecule has 2 aliphatic heterocycles. The summed E-state index contributed by atoms with van der Waals surface area (Å²) in [5, 5.41) is 0. The van der Waals surface area contributed by atoms with E-state index >= 15 is 0 Å². The number of nitrogens with zero attached hydrogens (tertiary/aromatic N) is 2. The number of methoxy groups -OCH3 is 1. The third-order valence-corrected chi connectivity index (χ3v) is 5.36. The van der Waals surface area contributed by atoms with Gasteiger partial charge in [-0.3, -0.25) is 4.79 Å². The van der Waals surface area contributed by atoms with Gasteiger partial charge in [0.05, 0.1) is 7.11 Å². The third-order valence-electron chi connectivity index (χ3n) is 5.36. The van der Waals surface area contributed by atoms with Gasteiger partial charge in [0.15, 0.2) is 11.6 Å². The second kappa shape index (κ2) is 8.13. The van der Waals surface area contributed by atoms with Gasteiger partial charge in [0.25, 0.3) is 5.91 Å². The first kappa shape index (κ1) is 18.1. The standard InChI is InChI=1S/C19H26F2N2O2/c1-25-16-8-7-15(20)18(21)17(16)19(24)23-12-3-2-6-14(23)9-13-22-10-4-5-11-22/h7-8,14H,2-6,9-13H2,1H3. The average molecular weight is 352 g/mol. The number of carbonyl (C=O) groups is 1. The predicted molar refractivity (Wildman–Crippen MR) is 91.9 cm³/mol. The molecule has 1 unspecified atom stereocenters. The van der Waals surface area contributed by atoms with Crippen LogP contribution in [0.3, 0.4) is 0 Å². The maximum atomic E-state index is 14.3. The molecule has 1 atom stereocenters. The van der Waals surface area contributed by atoms with Crippen LogP contribution in [0.4, 0.5) is 8.78 Å². The maximum absolute atomic E-state index is 14.3. The van der Waals surface area contributed by atoms with Crippen LogP contribution in [0.15, 0.2) is 12.1 Å². The molecular weight excluding hydrogens is 326 g/mol. The molecule has 2 aliphatic rings. The highest BCUT2D eigenvalue weighted by molar-refractivity contribution is 5.97. The Morgan fingerprint density at radius 3 is 2.60 bits per heavy atom. The molecule has 138 valence electrons. The van der Waals surface area contributed by atoms with Crippen molar-refractivity contribution in [3.05, 3.63) is 29.3 Å². The molecule has 1 aromatic carbocycles. The average Bonchev–Trinajstić information content (AvgIpc) is 3.15. The number of amides is 1. The van der Waals surface area contributed by atoms with Gasteiger partial charge in [-0.1, -0.05) is 0 Å². The number of likely N-dealkylation sites (tertiary alicyclic amines) is 2. The number of hydrogen-bond acceptors (Lipinski definition) is 3. The zero-order valence-corrected chi connectivity index (χ0v) is 14.8. The largest absolute Gasteiger partial charge is 0.496 e. The van der Waals surface area contributed by atoms with Crippen molar-refractivity contribution in [1.82, 2.24) is 9.80 Å². The molecule has 1 amide bonds. The van der Waals surface area contributed by atoms with Gasteiger partial charge < -0.3 is 14.5 Å². The minimum atomic E-state index is -1.12. The summed E-state index contributed by atoms with van der Waals surface area (Å²) in [4.78, 5) is 17.1. The van der Waals surface area contributed by atoms with E-state index in [1.807, 2.05) is 0 Å². The van der Waals surface area contributed by atoms with E-state index in [1.165, 1.54) is 26.0 Å². The molecule has 2 fully saturated rings. The van der Waals surface area contributed by atoms with E-state index < -0.39 is 17.5 Å². The number of carbonyl (C=O) groups excluding carboxylic acids is 1. The van der Waals surface area contributed by atoms with Crippen LogP contribution in [-0.2, 0) is 0 Å². The van der Waals surface area contributed by atoms with Crippen LogP contribution in [0, 0.1) is 11.6 Å². The van der Waals surface area contributed by atoms with Crippen molar-refractivity contribution in [1.29, 1.82) is 0 Å². The lowest BCUT2D eigenvalue weighted by atomic mass is 9.97. The minimum absolute atomic E-state index is 0.0780. The summed E-state index contributed by atoms with van der Waals surface area (Å²) < 4.78 is 33.1. The zero-order chi connectivity index (χ0) is 17.8. The fraction of sp³-hybridized carbons (Fsp3) is 0.632. The Hall–Kier alpha value is -1.69. The van der Waals surface area contributed by atoms with Crippen molar-refractivity contribution in [2.45, 2.75) is 44.6 Å². The molecule has 2 heterocycles. The lowest BCUT2D eigenvalue weighted by Crippen LogP contribution is -2.45.